The summed E-state index contributed by atoms with van der Waals surface area (Å²) in [4.78, 5) is 19.0. The highest BCUT2D eigenvalue weighted by Gasteiger charge is 2.33. The minimum atomic E-state index is -3.99. The maximum Gasteiger partial charge on any atom is 0.280 e. The van der Waals surface area contributed by atoms with Crippen LogP contribution < -0.4 is 9.46 Å². The predicted molar refractivity (Wildman–Crippen MR) is 152 cm³/mol. The molecule has 1 amide bonds. The lowest BCUT2D eigenvalue weighted by Crippen LogP contribution is -2.48. The third kappa shape index (κ3) is 6.89. The van der Waals surface area contributed by atoms with Gasteiger partial charge in [0, 0.05) is 44.0 Å². The number of likely N-dealkylation sites (N-methyl/N-ethyl adjacent to an activating group) is 1. The molecule has 0 saturated heterocycles. The number of hydrogen-bond donors (Lipinski definition) is 2. The molecule has 0 spiro atoms. The molecule has 4 rings (SSSR count). The number of aromatic nitrogens is 2. The van der Waals surface area contributed by atoms with Gasteiger partial charge in [0.2, 0.25) is 15.9 Å². The van der Waals surface area contributed by atoms with Crippen molar-refractivity contribution in [3.8, 4) is 5.75 Å². The van der Waals surface area contributed by atoms with E-state index in [1.165, 1.54) is 52.7 Å². The topological polar surface area (TPSA) is 151 Å². The predicted octanol–water partition coefficient (Wildman–Crippen LogP) is 1.69. The second-order valence-electron chi connectivity index (χ2n) is 10.3. The van der Waals surface area contributed by atoms with Crippen LogP contribution in [0.4, 0.5) is 5.69 Å². The van der Waals surface area contributed by atoms with Crippen molar-refractivity contribution in [3.05, 3.63) is 66.6 Å². The number of carbonyl (C=O) groups excluding carboxylic acids is 1. The van der Waals surface area contributed by atoms with Gasteiger partial charge in [0.1, 0.15) is 11.9 Å². The van der Waals surface area contributed by atoms with E-state index in [9.17, 15) is 26.7 Å². The van der Waals surface area contributed by atoms with Crippen molar-refractivity contribution in [2.75, 3.05) is 31.5 Å². The van der Waals surface area contributed by atoms with Gasteiger partial charge in [-0.05, 0) is 37.3 Å². The summed E-state index contributed by atoms with van der Waals surface area (Å²) in [5, 5.41) is 9.69. The number of ether oxygens (including phenoxy) is 1. The Morgan fingerprint density at radius 1 is 1.17 bits per heavy atom. The lowest BCUT2D eigenvalue weighted by molar-refractivity contribution is -0.134. The highest BCUT2D eigenvalue weighted by molar-refractivity contribution is 7.92. The summed E-state index contributed by atoms with van der Waals surface area (Å²) < 4.78 is 63.8. The van der Waals surface area contributed by atoms with E-state index in [-0.39, 0.29) is 53.6 Å². The highest BCUT2D eigenvalue weighted by atomic mass is 32.2. The number of rotatable bonds is 9. The van der Waals surface area contributed by atoms with Crippen molar-refractivity contribution in [2.24, 2.45) is 13.0 Å². The van der Waals surface area contributed by atoms with Crippen molar-refractivity contribution in [1.29, 1.82) is 0 Å². The van der Waals surface area contributed by atoms with Gasteiger partial charge in [-0.1, -0.05) is 25.1 Å². The molecule has 2 aromatic carbocycles. The lowest BCUT2D eigenvalue weighted by atomic mass is 10.0. The fourth-order valence-electron chi connectivity index (χ4n) is 4.57. The zero-order valence-corrected chi connectivity index (χ0v) is 25.0. The number of sulfonamides is 2. The first-order valence-electron chi connectivity index (χ1n) is 13.0. The fraction of sp³-hybridized carbons (Fsp3) is 0.407. The molecule has 0 saturated carbocycles. The van der Waals surface area contributed by atoms with Gasteiger partial charge >= 0.3 is 0 Å². The van der Waals surface area contributed by atoms with Gasteiger partial charge < -0.3 is 19.3 Å². The monoisotopic (exact) mass is 605 g/mol. The SMILES string of the molecule is C[C@@H]1CN([C@@H](C)CO)C(=O)Cc2cc(NS(=O)(=O)c3cn(C)cn3)ccc2O[C@H]1CN(C)S(=O)(=O)c1ccccc1. The van der Waals surface area contributed by atoms with Gasteiger partial charge in [0.15, 0.2) is 5.03 Å². The Kier molecular flexibility index (Phi) is 9.07. The summed E-state index contributed by atoms with van der Waals surface area (Å²) in [6, 6.07) is 12.2. The Balaban J connectivity index is 1.68. The average molecular weight is 606 g/mol. The Labute approximate surface area is 240 Å². The molecule has 1 aromatic heterocycles. The van der Waals surface area contributed by atoms with Crippen molar-refractivity contribution in [1.82, 2.24) is 18.8 Å². The summed E-state index contributed by atoms with van der Waals surface area (Å²) in [5.41, 5.74) is 0.624. The number of benzene rings is 2. The largest absolute Gasteiger partial charge is 0.488 e. The number of hydrogen-bond acceptors (Lipinski definition) is 8. The third-order valence-electron chi connectivity index (χ3n) is 7.01. The van der Waals surface area contributed by atoms with E-state index < -0.39 is 32.2 Å². The number of anilines is 1. The second kappa shape index (κ2) is 12.2. The average Bonchev–Trinajstić information content (AvgIpc) is 3.40. The number of aliphatic hydroxyl groups excluding tert-OH is 1. The van der Waals surface area contributed by atoms with Crippen LogP contribution in [0.5, 0.6) is 5.75 Å². The van der Waals surface area contributed by atoms with Crippen molar-refractivity contribution in [2.45, 2.75) is 42.3 Å². The molecule has 0 aliphatic carbocycles. The van der Waals surface area contributed by atoms with Crippen molar-refractivity contribution in [3.63, 3.8) is 0 Å². The summed E-state index contributed by atoms with van der Waals surface area (Å²) in [7, 11) is -4.68. The Bertz CT molecular complexity index is 1590. The number of amides is 1. The van der Waals surface area contributed by atoms with Crippen molar-refractivity contribution >= 4 is 31.6 Å². The van der Waals surface area contributed by atoms with E-state index in [2.05, 4.69) is 9.71 Å². The molecule has 14 heteroatoms. The molecule has 2 heterocycles. The molecular formula is C27H35N5O7S2. The van der Waals surface area contributed by atoms with Crippen LogP contribution in [0.15, 0.2) is 71.0 Å². The molecule has 3 atom stereocenters. The van der Waals surface area contributed by atoms with Gasteiger partial charge in [0.25, 0.3) is 10.0 Å². The van der Waals surface area contributed by atoms with E-state index >= 15 is 0 Å². The molecule has 0 bridgehead atoms. The molecule has 2 N–H and O–H groups in total. The van der Waals surface area contributed by atoms with Gasteiger partial charge in [-0.2, -0.15) is 12.7 Å². The van der Waals surface area contributed by atoms with E-state index in [0.29, 0.717) is 11.3 Å². The summed E-state index contributed by atoms with van der Waals surface area (Å²) in [5.74, 6) is -0.270. The van der Waals surface area contributed by atoms with Gasteiger partial charge in [-0.25, -0.2) is 13.4 Å². The molecular weight excluding hydrogens is 570 g/mol. The molecule has 0 unspecified atom stereocenters. The number of carbonyl (C=O) groups is 1. The third-order valence-corrected chi connectivity index (χ3v) is 10.1. The first-order valence-corrected chi connectivity index (χ1v) is 16.0. The van der Waals surface area contributed by atoms with Crippen LogP contribution in [0.3, 0.4) is 0 Å². The summed E-state index contributed by atoms with van der Waals surface area (Å²) in [6.45, 7) is 3.53. The number of nitrogens with zero attached hydrogens (tertiary/aromatic N) is 4. The normalized spacial score (nSPS) is 19.1. The van der Waals surface area contributed by atoms with Crippen LogP contribution in [-0.2, 0) is 38.3 Å². The van der Waals surface area contributed by atoms with Crippen LogP contribution in [0.25, 0.3) is 0 Å². The molecule has 1 aliphatic rings. The molecule has 3 aromatic rings. The smallest absolute Gasteiger partial charge is 0.280 e. The van der Waals surface area contributed by atoms with Crippen LogP contribution in [0.1, 0.15) is 19.4 Å². The maximum atomic E-state index is 13.4. The van der Waals surface area contributed by atoms with Crippen LogP contribution in [-0.4, -0.2) is 85.5 Å². The minimum absolute atomic E-state index is 0.0125. The summed E-state index contributed by atoms with van der Waals surface area (Å²) >= 11 is 0. The van der Waals surface area contributed by atoms with Gasteiger partial charge in [0.05, 0.1) is 36.8 Å². The van der Waals surface area contributed by atoms with Crippen LogP contribution >= 0.6 is 0 Å². The summed E-state index contributed by atoms with van der Waals surface area (Å²) in [6.07, 6.45) is 1.95. The van der Waals surface area contributed by atoms with Crippen LogP contribution in [0, 0.1) is 5.92 Å². The number of imidazole rings is 1. The minimum Gasteiger partial charge on any atom is -0.488 e. The number of aliphatic hydroxyl groups is 1. The quantitative estimate of drug-likeness (QED) is 0.374. The number of nitrogens with one attached hydrogen (secondary N) is 1. The molecule has 222 valence electrons. The maximum absolute atomic E-state index is 13.4. The first kappa shape index (κ1) is 30.5. The fourth-order valence-corrected chi connectivity index (χ4v) is 6.81. The highest BCUT2D eigenvalue weighted by Crippen LogP contribution is 2.30. The standard InChI is InChI=1S/C27H35N5O7S2/c1-19-14-32(20(2)17-33)27(34)13-21-12-22(29-40(35,36)26-16-30(3)18-28-26)10-11-24(21)39-25(19)15-31(4)41(37,38)23-8-6-5-7-9-23/h5-12,16,18-20,25,29,33H,13-15,17H2,1-4H3/t19-,20+,25+/m1/s1. The van der Waals surface area contributed by atoms with E-state index in [0.717, 1.165) is 0 Å². The molecule has 41 heavy (non-hydrogen) atoms. The zero-order valence-electron chi connectivity index (χ0n) is 23.3. The Morgan fingerprint density at radius 3 is 2.51 bits per heavy atom. The van der Waals surface area contributed by atoms with E-state index in [4.69, 9.17) is 4.74 Å². The number of aryl methyl sites for hydroxylation is 1. The Morgan fingerprint density at radius 2 is 1.88 bits per heavy atom. The zero-order chi connectivity index (χ0) is 29.9. The molecule has 1 aliphatic heterocycles. The molecule has 12 nitrogen and oxygen atoms in total. The van der Waals surface area contributed by atoms with Gasteiger partial charge in [-0.15, -0.1) is 0 Å². The van der Waals surface area contributed by atoms with E-state index in [1.54, 1.807) is 43.1 Å². The van der Waals surface area contributed by atoms with Crippen molar-refractivity contribution < 1.29 is 31.5 Å². The van der Waals surface area contributed by atoms with E-state index in [1.807, 2.05) is 6.92 Å². The van der Waals surface area contributed by atoms with Gasteiger partial charge in [-0.3, -0.25) is 9.52 Å². The molecule has 0 fully saturated rings. The molecule has 0 radical (unpaired) electrons. The lowest BCUT2D eigenvalue weighted by Gasteiger charge is -2.33. The Hall–Kier alpha value is -3.46. The second-order valence-corrected chi connectivity index (χ2v) is 14.0. The first-order chi connectivity index (χ1) is 19.3. The van der Waals surface area contributed by atoms with Crippen LogP contribution in [0.2, 0.25) is 0 Å². The number of fused-ring (bicyclic) bond motifs is 1.